The number of para-hydroxylation sites is 1. The highest BCUT2D eigenvalue weighted by Crippen LogP contribution is 2.29. The summed E-state index contributed by atoms with van der Waals surface area (Å²) in [6, 6.07) is 13.4. The van der Waals surface area contributed by atoms with Crippen molar-refractivity contribution in [1.82, 2.24) is 0 Å². The number of hydrogen-bond donors (Lipinski definition) is 1. The highest BCUT2D eigenvalue weighted by Gasteiger charge is 2.09. The molecule has 0 saturated heterocycles. The molecule has 2 nitrogen and oxygen atoms in total. The topological polar surface area (TPSA) is 35.2 Å². The van der Waals surface area contributed by atoms with Crippen LogP contribution in [0.2, 0.25) is 0 Å². The molecule has 0 fully saturated rings. The summed E-state index contributed by atoms with van der Waals surface area (Å²) >= 11 is 8.43. The molecule has 0 amide bonds. The fourth-order valence-electron chi connectivity index (χ4n) is 1.57. The Kier molecular flexibility index (Phi) is 3.99. The molecule has 0 aromatic heterocycles. The Morgan fingerprint density at radius 3 is 2.56 bits per heavy atom. The molecule has 2 aromatic rings. The highest BCUT2D eigenvalue weighted by atomic mass is 79.9. The van der Waals surface area contributed by atoms with Crippen molar-refractivity contribution in [3.8, 4) is 11.5 Å². The minimum absolute atomic E-state index is 0.319. The second kappa shape index (κ2) is 5.50. The molecular formula is C14H12BrNOS. The summed E-state index contributed by atoms with van der Waals surface area (Å²) in [5.41, 5.74) is 7.49. The first-order valence-corrected chi connectivity index (χ1v) is 6.61. The summed E-state index contributed by atoms with van der Waals surface area (Å²) in [6.45, 7) is 1.99. The van der Waals surface area contributed by atoms with Crippen LogP contribution in [0.15, 0.2) is 46.9 Å². The zero-order chi connectivity index (χ0) is 13.1. The molecule has 2 N–H and O–H groups in total. The number of rotatable bonds is 3. The fourth-order valence-corrected chi connectivity index (χ4v) is 2.09. The van der Waals surface area contributed by atoms with Crippen LogP contribution in [0.3, 0.4) is 0 Å². The molecule has 0 unspecified atom stereocenters. The van der Waals surface area contributed by atoms with Gasteiger partial charge in [0.05, 0.1) is 5.56 Å². The van der Waals surface area contributed by atoms with Crippen molar-refractivity contribution in [2.24, 2.45) is 5.73 Å². The van der Waals surface area contributed by atoms with E-state index in [2.05, 4.69) is 15.9 Å². The van der Waals surface area contributed by atoms with Crippen molar-refractivity contribution in [3.05, 3.63) is 58.1 Å². The molecule has 2 aromatic carbocycles. The van der Waals surface area contributed by atoms with Gasteiger partial charge in [-0.15, -0.1) is 0 Å². The van der Waals surface area contributed by atoms with Crippen LogP contribution in [0.1, 0.15) is 11.1 Å². The highest BCUT2D eigenvalue weighted by molar-refractivity contribution is 9.10. The number of aryl methyl sites for hydroxylation is 1. The van der Waals surface area contributed by atoms with E-state index in [9.17, 15) is 0 Å². The van der Waals surface area contributed by atoms with Crippen molar-refractivity contribution in [1.29, 1.82) is 0 Å². The summed E-state index contributed by atoms with van der Waals surface area (Å²) in [5.74, 6) is 1.47. The van der Waals surface area contributed by atoms with Crippen LogP contribution in [0, 0.1) is 6.92 Å². The second-order valence-electron chi connectivity index (χ2n) is 3.87. The lowest BCUT2D eigenvalue weighted by molar-refractivity contribution is 0.478. The summed E-state index contributed by atoms with van der Waals surface area (Å²) in [6.07, 6.45) is 0. The minimum Gasteiger partial charge on any atom is -0.456 e. The lowest BCUT2D eigenvalue weighted by atomic mass is 10.2. The number of thiocarbonyl (C=S) groups is 1. The van der Waals surface area contributed by atoms with Crippen LogP contribution in [-0.4, -0.2) is 4.99 Å². The molecule has 0 bridgehead atoms. The van der Waals surface area contributed by atoms with E-state index in [4.69, 9.17) is 22.7 Å². The van der Waals surface area contributed by atoms with Gasteiger partial charge in [0.25, 0.3) is 0 Å². The average molecular weight is 322 g/mol. The Morgan fingerprint density at radius 2 is 1.89 bits per heavy atom. The molecule has 0 aliphatic heterocycles. The molecule has 0 heterocycles. The first-order valence-electron chi connectivity index (χ1n) is 5.41. The van der Waals surface area contributed by atoms with Crippen molar-refractivity contribution >= 4 is 33.1 Å². The summed E-state index contributed by atoms with van der Waals surface area (Å²) in [5, 5.41) is 0. The predicted octanol–water partition coefficient (Wildman–Crippen LogP) is 4.18. The fraction of sp³-hybridized carbons (Fsp3) is 0.0714. The maximum absolute atomic E-state index is 5.87. The van der Waals surface area contributed by atoms with Crippen molar-refractivity contribution in [2.75, 3.05) is 0 Å². The molecule has 0 radical (unpaired) electrons. The first kappa shape index (κ1) is 13.1. The van der Waals surface area contributed by atoms with Crippen LogP contribution >= 0.6 is 28.1 Å². The van der Waals surface area contributed by atoms with Gasteiger partial charge >= 0.3 is 0 Å². The van der Waals surface area contributed by atoms with E-state index in [-0.39, 0.29) is 0 Å². The Morgan fingerprint density at radius 1 is 1.17 bits per heavy atom. The van der Waals surface area contributed by atoms with E-state index in [1.807, 2.05) is 49.4 Å². The van der Waals surface area contributed by atoms with E-state index < -0.39 is 0 Å². The summed E-state index contributed by atoms with van der Waals surface area (Å²) < 4.78 is 6.79. The third-order valence-corrected chi connectivity index (χ3v) is 3.23. The molecule has 92 valence electrons. The van der Waals surface area contributed by atoms with E-state index in [1.54, 1.807) is 0 Å². The summed E-state index contributed by atoms with van der Waals surface area (Å²) in [4.78, 5) is 0.319. The molecule has 0 aliphatic carbocycles. The van der Waals surface area contributed by atoms with Gasteiger partial charge in [0, 0.05) is 4.47 Å². The van der Waals surface area contributed by atoms with Gasteiger partial charge in [0.1, 0.15) is 16.5 Å². The zero-order valence-corrected chi connectivity index (χ0v) is 12.2. The van der Waals surface area contributed by atoms with Crippen LogP contribution in [-0.2, 0) is 0 Å². The van der Waals surface area contributed by atoms with Crippen LogP contribution in [0.5, 0.6) is 11.5 Å². The second-order valence-corrected chi connectivity index (χ2v) is 5.23. The van der Waals surface area contributed by atoms with E-state index in [0.717, 1.165) is 21.3 Å². The van der Waals surface area contributed by atoms with Gasteiger partial charge in [0.15, 0.2) is 0 Å². The standard InChI is InChI=1S/C14H12BrNOS/c1-9-4-2-3-5-12(9)17-13-7-6-10(15)8-11(13)14(16)18/h2-8H,1H3,(H2,16,18). The maximum atomic E-state index is 5.87. The lowest BCUT2D eigenvalue weighted by Crippen LogP contribution is -2.10. The molecule has 0 saturated carbocycles. The van der Waals surface area contributed by atoms with Crippen LogP contribution in [0.25, 0.3) is 0 Å². The molecule has 18 heavy (non-hydrogen) atoms. The number of nitrogens with two attached hydrogens (primary N) is 1. The largest absolute Gasteiger partial charge is 0.456 e. The molecule has 4 heteroatoms. The van der Waals surface area contributed by atoms with Crippen LogP contribution < -0.4 is 10.5 Å². The third-order valence-electron chi connectivity index (χ3n) is 2.52. The van der Waals surface area contributed by atoms with Crippen molar-refractivity contribution < 1.29 is 4.74 Å². The van der Waals surface area contributed by atoms with Gasteiger partial charge < -0.3 is 10.5 Å². The number of halogens is 1. The molecule has 0 aliphatic rings. The third kappa shape index (κ3) is 2.89. The van der Waals surface area contributed by atoms with E-state index in [0.29, 0.717) is 10.7 Å². The average Bonchev–Trinajstić information content (AvgIpc) is 2.34. The lowest BCUT2D eigenvalue weighted by Gasteiger charge is -2.12. The van der Waals surface area contributed by atoms with Crippen LogP contribution in [0.4, 0.5) is 0 Å². The Balaban J connectivity index is 2.41. The van der Waals surface area contributed by atoms with Gasteiger partial charge in [0.2, 0.25) is 0 Å². The maximum Gasteiger partial charge on any atom is 0.137 e. The van der Waals surface area contributed by atoms with Gasteiger partial charge in [-0.2, -0.15) is 0 Å². The normalized spacial score (nSPS) is 10.1. The smallest absolute Gasteiger partial charge is 0.137 e. The SMILES string of the molecule is Cc1ccccc1Oc1ccc(Br)cc1C(N)=S. The van der Waals surface area contributed by atoms with Crippen molar-refractivity contribution in [2.45, 2.75) is 6.92 Å². The van der Waals surface area contributed by atoms with Crippen molar-refractivity contribution in [3.63, 3.8) is 0 Å². The van der Waals surface area contributed by atoms with E-state index >= 15 is 0 Å². The Hall–Kier alpha value is -1.39. The Bertz CT molecular complexity index is 598. The number of ether oxygens (including phenoxy) is 1. The van der Waals surface area contributed by atoms with Gasteiger partial charge in [-0.05, 0) is 36.8 Å². The molecular weight excluding hydrogens is 310 g/mol. The molecule has 0 spiro atoms. The zero-order valence-electron chi connectivity index (χ0n) is 9.81. The Labute approximate surface area is 120 Å². The first-order chi connectivity index (χ1) is 8.58. The van der Waals surface area contributed by atoms with E-state index in [1.165, 1.54) is 0 Å². The minimum atomic E-state index is 0.319. The number of hydrogen-bond acceptors (Lipinski definition) is 2. The van der Waals surface area contributed by atoms with Gasteiger partial charge in [-0.25, -0.2) is 0 Å². The quantitative estimate of drug-likeness (QED) is 0.861. The molecule has 0 atom stereocenters. The van der Waals surface area contributed by atoms with Gasteiger partial charge in [-0.1, -0.05) is 46.3 Å². The monoisotopic (exact) mass is 321 g/mol. The summed E-state index contributed by atoms with van der Waals surface area (Å²) in [7, 11) is 0. The van der Waals surface area contributed by atoms with Gasteiger partial charge in [-0.3, -0.25) is 0 Å². The number of benzene rings is 2. The predicted molar refractivity (Wildman–Crippen MR) is 81.3 cm³/mol. The molecule has 2 rings (SSSR count).